The van der Waals surface area contributed by atoms with Crippen LogP contribution in [0.4, 0.5) is 4.79 Å². The molecule has 4 aromatic rings. The Bertz CT molecular complexity index is 1420. The summed E-state index contributed by atoms with van der Waals surface area (Å²) in [4.78, 5) is 19.8. The number of rotatable bonds is 5. The van der Waals surface area contributed by atoms with Crippen molar-refractivity contribution in [2.75, 3.05) is 0 Å². The molecule has 2 heterocycles. The molecule has 0 aliphatic carbocycles. The number of urea groups is 1. The van der Waals surface area contributed by atoms with Gasteiger partial charge in [-0.05, 0) is 56.0 Å². The molecule has 1 aliphatic rings. The lowest BCUT2D eigenvalue weighted by Crippen LogP contribution is -2.45. The van der Waals surface area contributed by atoms with E-state index in [0.717, 1.165) is 39.1 Å². The second-order valence-electron chi connectivity index (χ2n) is 9.09. The number of allylic oxidation sites excluding steroid dienone is 1. The van der Waals surface area contributed by atoms with Crippen LogP contribution < -0.4 is 5.32 Å². The van der Waals surface area contributed by atoms with Gasteiger partial charge in [-0.2, -0.15) is 4.98 Å². The molecular formula is C29H28N4O2. The van der Waals surface area contributed by atoms with Crippen molar-refractivity contribution >= 4 is 11.6 Å². The fourth-order valence-electron chi connectivity index (χ4n) is 4.44. The number of aromatic nitrogens is 2. The van der Waals surface area contributed by atoms with Crippen molar-refractivity contribution < 1.29 is 9.32 Å². The first-order valence-electron chi connectivity index (χ1n) is 11.7. The second kappa shape index (κ2) is 9.22. The number of hydrogen-bond acceptors (Lipinski definition) is 4. The SMILES string of the molecule is CC1=C(c2nc(-c3cccc(C)c3)no2)C(c2ccc(C)c(C)c2)NC(=O)N1Cc1ccccc1. The van der Waals surface area contributed by atoms with Crippen LogP contribution in [0.3, 0.4) is 0 Å². The van der Waals surface area contributed by atoms with Gasteiger partial charge in [-0.3, -0.25) is 4.90 Å². The Labute approximate surface area is 205 Å². The van der Waals surface area contributed by atoms with Crippen molar-refractivity contribution in [1.29, 1.82) is 0 Å². The third-order valence-electron chi connectivity index (χ3n) is 6.58. The van der Waals surface area contributed by atoms with Gasteiger partial charge in [-0.15, -0.1) is 0 Å². The number of benzene rings is 3. The lowest BCUT2D eigenvalue weighted by Gasteiger charge is -2.35. The predicted molar refractivity (Wildman–Crippen MR) is 136 cm³/mol. The van der Waals surface area contributed by atoms with Gasteiger partial charge >= 0.3 is 6.03 Å². The highest BCUT2D eigenvalue weighted by Gasteiger charge is 2.36. The van der Waals surface area contributed by atoms with E-state index in [9.17, 15) is 4.79 Å². The van der Waals surface area contributed by atoms with Gasteiger partial charge in [-0.1, -0.05) is 77.5 Å². The number of nitrogens with zero attached hydrogens (tertiary/aromatic N) is 3. The fraction of sp³-hybridized carbons (Fsp3) is 0.207. The smallest absolute Gasteiger partial charge is 0.322 e. The Morgan fingerprint density at radius 3 is 2.46 bits per heavy atom. The van der Waals surface area contributed by atoms with E-state index < -0.39 is 6.04 Å². The summed E-state index contributed by atoms with van der Waals surface area (Å²) in [6, 6.07) is 23.6. The van der Waals surface area contributed by atoms with Crippen molar-refractivity contribution in [3.8, 4) is 11.4 Å². The minimum absolute atomic E-state index is 0.156. The van der Waals surface area contributed by atoms with E-state index >= 15 is 0 Å². The normalized spacial score (nSPS) is 15.9. The Balaban J connectivity index is 1.62. The quantitative estimate of drug-likeness (QED) is 0.373. The second-order valence-corrected chi connectivity index (χ2v) is 9.09. The largest absolute Gasteiger partial charge is 0.334 e. The zero-order chi connectivity index (χ0) is 24.5. The molecule has 6 nitrogen and oxygen atoms in total. The first kappa shape index (κ1) is 22.6. The number of hydrogen-bond donors (Lipinski definition) is 1. The van der Waals surface area contributed by atoms with Crippen LogP contribution in [0.1, 0.15) is 46.7 Å². The number of carbonyl (C=O) groups excluding carboxylic acids is 1. The molecule has 6 heteroatoms. The third-order valence-corrected chi connectivity index (χ3v) is 6.58. The van der Waals surface area contributed by atoms with Crippen LogP contribution in [0, 0.1) is 20.8 Å². The standard InChI is InChI=1S/C29H28N4O2/c1-18-9-8-12-24(15-18)27-31-28(35-32-27)25-21(4)33(17-22-10-6-5-7-11-22)29(34)30-26(25)23-14-13-19(2)20(3)16-23/h5-16,26H,17H2,1-4H3,(H,30,34). The molecule has 0 saturated carbocycles. The van der Waals surface area contributed by atoms with Gasteiger partial charge in [-0.25, -0.2) is 4.79 Å². The number of amides is 2. The summed E-state index contributed by atoms with van der Waals surface area (Å²) in [5.41, 5.74) is 7.98. The van der Waals surface area contributed by atoms with E-state index in [1.54, 1.807) is 4.90 Å². The van der Waals surface area contributed by atoms with Crippen molar-refractivity contribution in [3.63, 3.8) is 0 Å². The van der Waals surface area contributed by atoms with Crippen LogP contribution in [0.2, 0.25) is 0 Å². The molecule has 3 aromatic carbocycles. The first-order chi connectivity index (χ1) is 16.9. The summed E-state index contributed by atoms with van der Waals surface area (Å²) >= 11 is 0. The van der Waals surface area contributed by atoms with E-state index in [2.05, 4.69) is 36.5 Å². The van der Waals surface area contributed by atoms with Gasteiger partial charge in [0, 0.05) is 11.3 Å². The number of aryl methyl sites for hydroxylation is 3. The molecule has 1 aromatic heterocycles. The molecule has 1 aliphatic heterocycles. The molecule has 1 unspecified atom stereocenters. The van der Waals surface area contributed by atoms with Gasteiger partial charge in [0.25, 0.3) is 5.89 Å². The van der Waals surface area contributed by atoms with Gasteiger partial charge in [0.2, 0.25) is 5.82 Å². The molecule has 0 saturated heterocycles. The summed E-state index contributed by atoms with van der Waals surface area (Å²) in [5.74, 6) is 0.926. The lowest BCUT2D eigenvalue weighted by atomic mass is 9.92. The van der Waals surface area contributed by atoms with Crippen molar-refractivity contribution in [2.24, 2.45) is 0 Å². The molecule has 35 heavy (non-hydrogen) atoms. The molecule has 176 valence electrons. The van der Waals surface area contributed by atoms with Crippen LogP contribution in [-0.4, -0.2) is 21.1 Å². The summed E-state index contributed by atoms with van der Waals surface area (Å²) < 4.78 is 5.81. The monoisotopic (exact) mass is 464 g/mol. The Morgan fingerprint density at radius 1 is 0.914 bits per heavy atom. The van der Waals surface area contributed by atoms with Crippen LogP contribution in [0.5, 0.6) is 0 Å². The molecule has 0 radical (unpaired) electrons. The molecule has 2 amide bonds. The zero-order valence-electron chi connectivity index (χ0n) is 20.4. The van der Waals surface area contributed by atoms with E-state index in [-0.39, 0.29) is 6.03 Å². The molecule has 0 bridgehead atoms. The van der Waals surface area contributed by atoms with Crippen LogP contribution in [0.15, 0.2) is 83.0 Å². The zero-order valence-corrected chi connectivity index (χ0v) is 20.4. The van der Waals surface area contributed by atoms with Gasteiger partial charge in [0.15, 0.2) is 0 Å². The maximum Gasteiger partial charge on any atom is 0.322 e. The van der Waals surface area contributed by atoms with Crippen molar-refractivity contribution in [2.45, 2.75) is 40.3 Å². The van der Waals surface area contributed by atoms with Crippen molar-refractivity contribution in [1.82, 2.24) is 20.4 Å². The average molecular weight is 465 g/mol. The highest BCUT2D eigenvalue weighted by molar-refractivity contribution is 5.87. The van der Waals surface area contributed by atoms with Gasteiger partial charge in [0.1, 0.15) is 0 Å². The molecule has 0 fully saturated rings. The highest BCUT2D eigenvalue weighted by atomic mass is 16.5. The Hall–Kier alpha value is -4.19. The maximum absolute atomic E-state index is 13.3. The van der Waals surface area contributed by atoms with Gasteiger partial charge in [0.05, 0.1) is 18.2 Å². The minimum Gasteiger partial charge on any atom is -0.334 e. The Morgan fingerprint density at radius 2 is 1.71 bits per heavy atom. The summed E-state index contributed by atoms with van der Waals surface area (Å²) in [6.45, 7) is 8.57. The van der Waals surface area contributed by atoms with Crippen molar-refractivity contribution in [3.05, 3.63) is 112 Å². The lowest BCUT2D eigenvalue weighted by molar-refractivity contribution is 0.203. The van der Waals surface area contributed by atoms with E-state index in [1.807, 2.05) is 74.5 Å². The van der Waals surface area contributed by atoms with E-state index in [1.165, 1.54) is 5.56 Å². The van der Waals surface area contributed by atoms with Crippen LogP contribution in [0.25, 0.3) is 17.0 Å². The predicted octanol–water partition coefficient (Wildman–Crippen LogP) is 6.36. The first-order valence-corrected chi connectivity index (χ1v) is 11.7. The van der Waals surface area contributed by atoms with E-state index in [4.69, 9.17) is 9.51 Å². The molecule has 1 N–H and O–H groups in total. The van der Waals surface area contributed by atoms with E-state index in [0.29, 0.717) is 18.3 Å². The summed E-state index contributed by atoms with van der Waals surface area (Å²) in [6.07, 6.45) is 0. The number of nitrogens with one attached hydrogen (secondary N) is 1. The summed E-state index contributed by atoms with van der Waals surface area (Å²) in [7, 11) is 0. The third kappa shape index (κ3) is 4.47. The minimum atomic E-state index is -0.403. The maximum atomic E-state index is 13.3. The fourth-order valence-corrected chi connectivity index (χ4v) is 4.44. The van der Waals surface area contributed by atoms with Crippen LogP contribution >= 0.6 is 0 Å². The molecular weight excluding hydrogens is 436 g/mol. The molecule has 1 atom stereocenters. The number of carbonyl (C=O) groups is 1. The Kier molecular flexibility index (Phi) is 5.95. The topological polar surface area (TPSA) is 71.3 Å². The average Bonchev–Trinajstić information content (AvgIpc) is 3.34. The summed E-state index contributed by atoms with van der Waals surface area (Å²) in [5, 5.41) is 7.46. The highest BCUT2D eigenvalue weighted by Crippen LogP contribution is 2.38. The molecule has 5 rings (SSSR count). The van der Waals surface area contributed by atoms with Gasteiger partial charge < -0.3 is 9.84 Å². The molecule has 0 spiro atoms. The van der Waals surface area contributed by atoms with Crippen LogP contribution in [-0.2, 0) is 6.54 Å².